The minimum Gasteiger partial charge on any atom is -0.369 e. The maximum Gasteiger partial charge on any atom is 0.230 e. The van der Waals surface area contributed by atoms with Crippen LogP contribution in [0.3, 0.4) is 0 Å². The minimum absolute atomic E-state index is 0.112. The normalized spacial score (nSPS) is 15.9. The first-order chi connectivity index (χ1) is 19.1. The van der Waals surface area contributed by atoms with E-state index >= 15 is 0 Å². The van der Waals surface area contributed by atoms with Crippen LogP contribution in [0.15, 0.2) is 83.9 Å². The molecular weight excluding hydrogens is 504 g/mol. The Bertz CT molecular complexity index is 1470. The van der Waals surface area contributed by atoms with Crippen molar-refractivity contribution in [1.29, 1.82) is 0 Å². The van der Waals surface area contributed by atoms with Crippen LogP contribution in [0, 0.1) is 6.92 Å². The summed E-state index contributed by atoms with van der Waals surface area (Å²) in [6.45, 7) is 4.25. The van der Waals surface area contributed by atoms with Crippen LogP contribution in [0.1, 0.15) is 36.0 Å². The number of aromatic nitrogens is 2. The summed E-state index contributed by atoms with van der Waals surface area (Å²) in [6, 6.07) is 24.8. The fraction of sp³-hybridized carbons (Fsp3) is 0.258. The molecule has 39 heavy (non-hydrogen) atoms. The van der Waals surface area contributed by atoms with E-state index in [2.05, 4.69) is 93.2 Å². The number of carbonyl (C=O) groups excluding carboxylic acids is 1. The molecule has 1 aromatic heterocycles. The van der Waals surface area contributed by atoms with Gasteiger partial charge in [-0.15, -0.1) is 0 Å². The fourth-order valence-corrected chi connectivity index (χ4v) is 5.60. The summed E-state index contributed by atoms with van der Waals surface area (Å²) in [6.07, 6.45) is 4.63. The zero-order valence-electron chi connectivity index (χ0n) is 22.0. The first-order valence-electron chi connectivity index (χ1n) is 13.4. The lowest BCUT2D eigenvalue weighted by Gasteiger charge is -2.16. The molecule has 0 radical (unpaired) electrons. The summed E-state index contributed by atoms with van der Waals surface area (Å²) in [5.41, 5.74) is 5.93. The maximum atomic E-state index is 13.1. The van der Waals surface area contributed by atoms with Gasteiger partial charge in [0.05, 0.1) is 5.41 Å². The summed E-state index contributed by atoms with van der Waals surface area (Å²) in [5, 5.41) is 9.99. The first-order valence-corrected chi connectivity index (χ1v) is 14.2. The highest BCUT2D eigenvalue weighted by atomic mass is 32.2. The Hall–Kier alpha value is -3.88. The van der Waals surface area contributed by atoms with E-state index in [1.165, 1.54) is 5.56 Å². The molecular formula is C31H32N6OS. The molecule has 2 heterocycles. The van der Waals surface area contributed by atoms with Crippen LogP contribution in [0.4, 0.5) is 17.5 Å². The van der Waals surface area contributed by atoms with Crippen molar-refractivity contribution in [2.75, 3.05) is 23.7 Å². The van der Waals surface area contributed by atoms with Crippen LogP contribution in [0.5, 0.6) is 0 Å². The molecule has 7 nitrogen and oxygen atoms in total. The Labute approximate surface area is 233 Å². The number of fused-ring (bicyclic) bond motifs is 4. The second kappa shape index (κ2) is 11.1. The molecule has 0 saturated heterocycles. The van der Waals surface area contributed by atoms with Gasteiger partial charge in [-0.25, -0.2) is 4.98 Å². The lowest BCUT2D eigenvalue weighted by Crippen LogP contribution is -2.34. The van der Waals surface area contributed by atoms with Gasteiger partial charge in [0.2, 0.25) is 11.9 Å². The molecule has 0 spiro atoms. The molecule has 4 bridgehead atoms. The number of nitrogens with one attached hydrogen (secondary N) is 4. The van der Waals surface area contributed by atoms with Crippen molar-refractivity contribution in [3.05, 3.63) is 95.7 Å². The average Bonchev–Trinajstić information content (AvgIpc) is 3.76. The van der Waals surface area contributed by atoms with Gasteiger partial charge in [0, 0.05) is 42.0 Å². The molecule has 8 heteroatoms. The molecule has 1 aliphatic heterocycles. The topological polar surface area (TPSA) is 91.0 Å². The fourth-order valence-electron chi connectivity index (χ4n) is 4.85. The van der Waals surface area contributed by atoms with Crippen LogP contribution in [0.2, 0.25) is 0 Å². The van der Waals surface area contributed by atoms with Crippen LogP contribution in [0.25, 0.3) is 11.1 Å². The van der Waals surface area contributed by atoms with Gasteiger partial charge in [0.25, 0.3) is 0 Å². The Balaban J connectivity index is 1.16. The smallest absolute Gasteiger partial charge is 0.230 e. The minimum atomic E-state index is -0.365. The van der Waals surface area contributed by atoms with Crippen molar-refractivity contribution in [2.24, 2.45) is 0 Å². The third-order valence-electron chi connectivity index (χ3n) is 7.32. The number of anilines is 3. The molecule has 4 N–H and O–H groups in total. The van der Waals surface area contributed by atoms with E-state index in [0.717, 1.165) is 71.0 Å². The molecule has 1 fully saturated rings. The van der Waals surface area contributed by atoms with Crippen molar-refractivity contribution >= 4 is 35.3 Å². The Morgan fingerprint density at radius 2 is 1.85 bits per heavy atom. The third-order valence-corrected chi connectivity index (χ3v) is 8.16. The number of carbonyl (C=O) groups is 1. The molecule has 1 saturated carbocycles. The molecule has 2 aliphatic rings. The van der Waals surface area contributed by atoms with E-state index in [4.69, 9.17) is 4.98 Å². The van der Waals surface area contributed by atoms with Crippen molar-refractivity contribution in [3.8, 4) is 11.1 Å². The third kappa shape index (κ3) is 5.77. The van der Waals surface area contributed by atoms with Crippen molar-refractivity contribution in [3.63, 3.8) is 0 Å². The molecule has 1 aliphatic carbocycles. The number of hydrogen-bond acceptors (Lipinski definition) is 7. The van der Waals surface area contributed by atoms with E-state index in [-0.39, 0.29) is 11.3 Å². The molecule has 0 unspecified atom stereocenters. The van der Waals surface area contributed by atoms with Gasteiger partial charge in [-0.1, -0.05) is 60.2 Å². The molecule has 3 aromatic carbocycles. The number of rotatable bonds is 5. The maximum absolute atomic E-state index is 13.1. The summed E-state index contributed by atoms with van der Waals surface area (Å²) in [7, 11) is 0. The highest BCUT2D eigenvalue weighted by Crippen LogP contribution is 2.48. The summed E-state index contributed by atoms with van der Waals surface area (Å²) < 4.78 is 3.42. The quantitative estimate of drug-likeness (QED) is 0.234. The van der Waals surface area contributed by atoms with Gasteiger partial charge in [-0.05, 0) is 73.0 Å². The molecule has 6 rings (SSSR count). The van der Waals surface area contributed by atoms with Gasteiger partial charge in [0.15, 0.2) is 0 Å². The van der Waals surface area contributed by atoms with Gasteiger partial charge >= 0.3 is 0 Å². The van der Waals surface area contributed by atoms with E-state index in [1.807, 2.05) is 18.3 Å². The van der Waals surface area contributed by atoms with Crippen molar-refractivity contribution < 1.29 is 4.79 Å². The highest BCUT2D eigenvalue weighted by molar-refractivity contribution is 7.97. The van der Waals surface area contributed by atoms with Crippen LogP contribution >= 0.6 is 11.9 Å². The molecule has 198 valence electrons. The zero-order valence-corrected chi connectivity index (χ0v) is 22.8. The van der Waals surface area contributed by atoms with E-state index in [0.29, 0.717) is 12.5 Å². The van der Waals surface area contributed by atoms with Gasteiger partial charge in [-0.2, -0.15) is 4.98 Å². The number of amides is 1. The van der Waals surface area contributed by atoms with Crippen LogP contribution in [-0.2, 0) is 16.8 Å². The highest BCUT2D eigenvalue weighted by Gasteiger charge is 2.50. The second-order valence-electron chi connectivity index (χ2n) is 10.2. The SMILES string of the molecule is Cc1ccc(C2(C(=O)NCc3ccc(-c4cnc5nc4NCCCNSc4cccc(c4)N5)cc3)CC2)cc1. The van der Waals surface area contributed by atoms with E-state index in [1.54, 1.807) is 11.9 Å². The predicted molar refractivity (Wildman–Crippen MR) is 158 cm³/mol. The van der Waals surface area contributed by atoms with Crippen LogP contribution < -0.4 is 20.7 Å². The molecule has 4 aromatic rings. The van der Waals surface area contributed by atoms with Gasteiger partial charge in [-0.3, -0.25) is 9.52 Å². The number of aryl methyl sites for hydroxylation is 1. The number of benzene rings is 3. The van der Waals surface area contributed by atoms with Crippen molar-refractivity contribution in [2.45, 2.75) is 43.0 Å². The molecule has 1 amide bonds. The Kier molecular flexibility index (Phi) is 7.22. The van der Waals surface area contributed by atoms with Gasteiger partial charge in [0.1, 0.15) is 5.82 Å². The van der Waals surface area contributed by atoms with Crippen molar-refractivity contribution in [1.82, 2.24) is 20.0 Å². The number of nitrogens with zero attached hydrogens (tertiary/aromatic N) is 2. The summed E-state index contributed by atoms with van der Waals surface area (Å²) >= 11 is 1.63. The summed E-state index contributed by atoms with van der Waals surface area (Å²) in [5.74, 6) is 1.46. The van der Waals surface area contributed by atoms with Gasteiger partial charge < -0.3 is 16.0 Å². The summed E-state index contributed by atoms with van der Waals surface area (Å²) in [4.78, 5) is 23.6. The largest absolute Gasteiger partial charge is 0.369 e. The predicted octanol–water partition coefficient (Wildman–Crippen LogP) is 5.96. The Morgan fingerprint density at radius 1 is 1.03 bits per heavy atom. The molecule has 0 atom stereocenters. The number of hydrogen-bond donors (Lipinski definition) is 4. The monoisotopic (exact) mass is 536 g/mol. The lowest BCUT2D eigenvalue weighted by atomic mass is 9.94. The second-order valence-corrected chi connectivity index (χ2v) is 11.2. The standard InChI is InChI=1S/C31H32N6OS/c1-21-6-12-24(13-7-21)31(14-15-31)29(38)33-19-22-8-10-23(11-9-22)27-20-34-30-36-25-4-2-5-26(18-25)39-35-17-3-16-32-28(27)37-30/h2,4-13,18,20,35H,3,14-17,19H2,1H3,(H,33,38)(H2,32,34,36,37). The van der Waals surface area contributed by atoms with Crippen LogP contribution in [-0.4, -0.2) is 29.0 Å². The lowest BCUT2D eigenvalue weighted by molar-refractivity contribution is -0.123. The Morgan fingerprint density at radius 3 is 2.64 bits per heavy atom. The van der Waals surface area contributed by atoms with E-state index in [9.17, 15) is 4.79 Å². The zero-order chi connectivity index (χ0) is 26.7. The van der Waals surface area contributed by atoms with E-state index < -0.39 is 0 Å². The first kappa shape index (κ1) is 25.4. The average molecular weight is 537 g/mol.